The van der Waals surface area contributed by atoms with Crippen molar-refractivity contribution in [2.45, 2.75) is 12.8 Å². The zero-order valence-electron chi connectivity index (χ0n) is 13.6. The number of pyridine rings is 1. The highest BCUT2D eigenvalue weighted by atomic mass is 16.2. The molecule has 0 aliphatic heterocycles. The van der Waals surface area contributed by atoms with E-state index >= 15 is 0 Å². The third-order valence-electron chi connectivity index (χ3n) is 3.71. The van der Waals surface area contributed by atoms with Gasteiger partial charge < -0.3 is 4.57 Å². The second-order valence-corrected chi connectivity index (χ2v) is 5.47. The molecular weight excluding hydrogens is 316 g/mol. The van der Waals surface area contributed by atoms with Gasteiger partial charge in [-0.1, -0.05) is 18.2 Å². The molecule has 1 aromatic carbocycles. The minimum Gasteiger partial charge on any atom is -0.323 e. The summed E-state index contributed by atoms with van der Waals surface area (Å²) in [4.78, 5) is 28.3. The summed E-state index contributed by atoms with van der Waals surface area (Å²) in [7, 11) is 0. The second kappa shape index (κ2) is 7.92. The lowest BCUT2D eigenvalue weighted by atomic mass is 10.1. The van der Waals surface area contributed by atoms with Crippen LogP contribution in [0.15, 0.2) is 73.3 Å². The predicted molar refractivity (Wildman–Crippen MR) is 93.9 cm³/mol. The quantitative estimate of drug-likeness (QED) is 0.703. The highest BCUT2D eigenvalue weighted by Gasteiger charge is 2.12. The third kappa shape index (κ3) is 4.32. The molecule has 0 unspecified atom stereocenters. The van der Waals surface area contributed by atoms with Gasteiger partial charge in [-0.2, -0.15) is 0 Å². The van der Waals surface area contributed by atoms with Gasteiger partial charge in [-0.25, -0.2) is 0 Å². The Labute approximate surface area is 145 Å². The van der Waals surface area contributed by atoms with Crippen LogP contribution in [-0.2, 0) is 11.2 Å². The average molecular weight is 334 g/mol. The monoisotopic (exact) mass is 334 g/mol. The molecule has 2 amide bonds. The molecule has 0 aliphatic carbocycles. The standard InChI is InChI=1S/C19H18N4O2/c24-18(10-9-15-6-5-11-20-14-15)21-22-19(25)16-7-1-2-8-17(16)23-12-3-4-13-23/h1-8,11-14H,9-10H2,(H,21,24)(H,22,25). The fourth-order valence-corrected chi connectivity index (χ4v) is 2.45. The first-order valence-corrected chi connectivity index (χ1v) is 7.94. The number of hydrazine groups is 1. The van der Waals surface area contributed by atoms with Crippen molar-refractivity contribution in [3.63, 3.8) is 0 Å². The summed E-state index contributed by atoms with van der Waals surface area (Å²) in [5.74, 6) is -0.616. The molecule has 0 saturated carbocycles. The van der Waals surface area contributed by atoms with E-state index in [1.165, 1.54) is 0 Å². The summed E-state index contributed by atoms with van der Waals surface area (Å²) < 4.78 is 1.85. The zero-order valence-corrected chi connectivity index (χ0v) is 13.6. The molecule has 2 heterocycles. The van der Waals surface area contributed by atoms with E-state index in [0.717, 1.165) is 11.3 Å². The fraction of sp³-hybridized carbons (Fsp3) is 0.105. The lowest BCUT2D eigenvalue weighted by Gasteiger charge is -2.11. The van der Waals surface area contributed by atoms with E-state index in [-0.39, 0.29) is 18.2 Å². The van der Waals surface area contributed by atoms with Crippen molar-refractivity contribution in [2.75, 3.05) is 0 Å². The number of aromatic nitrogens is 2. The summed E-state index contributed by atoms with van der Waals surface area (Å²) in [5.41, 5.74) is 7.12. The smallest absolute Gasteiger partial charge is 0.271 e. The Kier molecular flexibility index (Phi) is 5.21. The topological polar surface area (TPSA) is 76.0 Å². The number of carbonyl (C=O) groups is 2. The number of hydrogen-bond acceptors (Lipinski definition) is 3. The maximum atomic E-state index is 12.4. The molecule has 3 aromatic rings. The number of carbonyl (C=O) groups excluding carboxylic acids is 2. The Balaban J connectivity index is 1.57. The molecule has 126 valence electrons. The Morgan fingerprint density at radius 3 is 2.52 bits per heavy atom. The number of nitrogens with one attached hydrogen (secondary N) is 2. The molecule has 6 nitrogen and oxygen atoms in total. The molecule has 0 bridgehead atoms. The third-order valence-corrected chi connectivity index (χ3v) is 3.71. The minimum absolute atomic E-state index is 0.254. The zero-order chi connectivity index (χ0) is 17.5. The van der Waals surface area contributed by atoms with E-state index in [4.69, 9.17) is 0 Å². The molecule has 6 heteroatoms. The van der Waals surface area contributed by atoms with Crippen LogP contribution in [0.4, 0.5) is 0 Å². The lowest BCUT2D eigenvalue weighted by molar-refractivity contribution is -0.121. The van der Waals surface area contributed by atoms with Crippen LogP contribution in [0.25, 0.3) is 5.69 Å². The Bertz CT molecular complexity index is 845. The Hall–Kier alpha value is -3.41. The number of nitrogens with zero attached hydrogens (tertiary/aromatic N) is 2. The van der Waals surface area contributed by atoms with E-state index < -0.39 is 0 Å². The maximum Gasteiger partial charge on any atom is 0.271 e. The average Bonchev–Trinajstić information content (AvgIpc) is 3.20. The van der Waals surface area contributed by atoms with E-state index in [9.17, 15) is 9.59 Å². The van der Waals surface area contributed by atoms with Gasteiger partial charge in [-0.15, -0.1) is 0 Å². The van der Waals surface area contributed by atoms with Gasteiger partial charge >= 0.3 is 0 Å². The summed E-state index contributed by atoms with van der Waals surface area (Å²) in [5, 5.41) is 0. The summed E-state index contributed by atoms with van der Waals surface area (Å²) in [6.07, 6.45) is 7.96. The SMILES string of the molecule is O=C(CCc1cccnc1)NNC(=O)c1ccccc1-n1cccc1. The summed E-state index contributed by atoms with van der Waals surface area (Å²) in [6.45, 7) is 0. The van der Waals surface area contributed by atoms with Gasteiger partial charge in [0.05, 0.1) is 11.3 Å². The van der Waals surface area contributed by atoms with Crippen LogP contribution in [0.1, 0.15) is 22.3 Å². The fourth-order valence-electron chi connectivity index (χ4n) is 2.45. The van der Waals surface area contributed by atoms with Gasteiger partial charge in [0.15, 0.2) is 0 Å². The van der Waals surface area contributed by atoms with E-state index in [2.05, 4.69) is 15.8 Å². The first-order chi connectivity index (χ1) is 12.2. The van der Waals surface area contributed by atoms with Gasteiger partial charge in [-0.05, 0) is 42.3 Å². The van der Waals surface area contributed by atoms with E-state index in [0.29, 0.717) is 12.0 Å². The van der Waals surface area contributed by atoms with Crippen LogP contribution in [0.5, 0.6) is 0 Å². The second-order valence-electron chi connectivity index (χ2n) is 5.47. The highest BCUT2D eigenvalue weighted by molar-refractivity contribution is 5.98. The molecule has 0 saturated heterocycles. The van der Waals surface area contributed by atoms with Gasteiger partial charge in [0.25, 0.3) is 5.91 Å². The predicted octanol–water partition coefficient (Wildman–Crippen LogP) is 2.27. The van der Waals surface area contributed by atoms with Crippen molar-refractivity contribution in [2.24, 2.45) is 0 Å². The van der Waals surface area contributed by atoms with Crippen LogP contribution in [-0.4, -0.2) is 21.4 Å². The molecule has 3 rings (SSSR count). The molecule has 0 spiro atoms. The van der Waals surface area contributed by atoms with Crippen LogP contribution < -0.4 is 10.9 Å². The van der Waals surface area contributed by atoms with Crippen LogP contribution >= 0.6 is 0 Å². The van der Waals surface area contributed by atoms with Crippen molar-refractivity contribution in [3.05, 3.63) is 84.4 Å². The van der Waals surface area contributed by atoms with Gasteiger partial charge in [-0.3, -0.25) is 25.4 Å². The number of para-hydroxylation sites is 1. The number of amides is 2. The van der Waals surface area contributed by atoms with E-state index in [1.54, 1.807) is 24.5 Å². The molecule has 0 atom stereocenters. The first-order valence-electron chi connectivity index (χ1n) is 7.94. The molecular formula is C19H18N4O2. The van der Waals surface area contributed by atoms with Crippen molar-refractivity contribution < 1.29 is 9.59 Å². The number of hydrogen-bond donors (Lipinski definition) is 2. The van der Waals surface area contributed by atoms with Crippen molar-refractivity contribution in [1.82, 2.24) is 20.4 Å². The number of aryl methyl sites for hydroxylation is 1. The molecule has 0 aliphatic rings. The largest absolute Gasteiger partial charge is 0.323 e. The van der Waals surface area contributed by atoms with Gasteiger partial charge in [0, 0.05) is 31.2 Å². The molecule has 0 fully saturated rings. The normalized spacial score (nSPS) is 10.2. The van der Waals surface area contributed by atoms with E-state index in [1.807, 2.05) is 53.4 Å². The molecule has 0 radical (unpaired) electrons. The Morgan fingerprint density at radius 1 is 0.960 bits per heavy atom. The van der Waals surface area contributed by atoms with Crippen LogP contribution in [0, 0.1) is 0 Å². The van der Waals surface area contributed by atoms with Crippen molar-refractivity contribution >= 4 is 11.8 Å². The molecule has 2 aromatic heterocycles. The number of rotatable bonds is 5. The minimum atomic E-state index is -0.362. The van der Waals surface area contributed by atoms with Gasteiger partial charge in [0.2, 0.25) is 5.91 Å². The van der Waals surface area contributed by atoms with Crippen LogP contribution in [0.3, 0.4) is 0 Å². The van der Waals surface area contributed by atoms with Crippen molar-refractivity contribution in [3.8, 4) is 5.69 Å². The van der Waals surface area contributed by atoms with Gasteiger partial charge in [0.1, 0.15) is 0 Å². The first kappa shape index (κ1) is 16.4. The lowest BCUT2D eigenvalue weighted by Crippen LogP contribution is -2.42. The molecule has 2 N–H and O–H groups in total. The molecule has 25 heavy (non-hydrogen) atoms. The summed E-state index contributed by atoms with van der Waals surface area (Å²) in [6, 6.07) is 14.7. The van der Waals surface area contributed by atoms with Crippen LogP contribution in [0.2, 0.25) is 0 Å². The maximum absolute atomic E-state index is 12.4. The summed E-state index contributed by atoms with van der Waals surface area (Å²) >= 11 is 0. The number of benzene rings is 1. The van der Waals surface area contributed by atoms with Crippen molar-refractivity contribution in [1.29, 1.82) is 0 Å². The Morgan fingerprint density at radius 2 is 1.76 bits per heavy atom. The highest BCUT2D eigenvalue weighted by Crippen LogP contribution is 2.14.